The summed E-state index contributed by atoms with van der Waals surface area (Å²) < 4.78 is 69.7. The quantitative estimate of drug-likeness (QED) is 0.234. The summed E-state index contributed by atoms with van der Waals surface area (Å²) in [6.07, 6.45) is 1.71. The van der Waals surface area contributed by atoms with Crippen LogP contribution in [-0.2, 0) is 16.0 Å². The summed E-state index contributed by atoms with van der Waals surface area (Å²) in [7, 11) is 3.52. The number of carbonyl (C=O) groups is 2. The van der Waals surface area contributed by atoms with Crippen LogP contribution in [-0.4, -0.2) is 151 Å². The van der Waals surface area contributed by atoms with Crippen molar-refractivity contribution < 1.29 is 41.4 Å². The topological polar surface area (TPSA) is 143 Å². The Morgan fingerprint density at radius 3 is 2.37 bits per heavy atom. The molecule has 1 aromatic carbocycles. The van der Waals surface area contributed by atoms with E-state index in [0.717, 1.165) is 102 Å². The number of nitrogens with one attached hydrogen (secondary N) is 3. The molecule has 5 aliphatic rings. The fourth-order valence-electron chi connectivity index (χ4n) is 8.74. The van der Waals surface area contributed by atoms with Crippen LogP contribution >= 0.6 is 0 Å². The number of benzene rings is 1. The van der Waals surface area contributed by atoms with Crippen molar-refractivity contribution in [1.82, 2.24) is 35.0 Å². The predicted molar refractivity (Wildman–Crippen MR) is 204 cm³/mol. The summed E-state index contributed by atoms with van der Waals surface area (Å²) in [5.41, 5.74) is 5.34. The van der Waals surface area contributed by atoms with E-state index in [4.69, 9.17) is 19.7 Å². The van der Waals surface area contributed by atoms with Crippen LogP contribution in [0.25, 0.3) is 5.65 Å². The summed E-state index contributed by atoms with van der Waals surface area (Å²) in [5.74, 6) is -5.48. The number of aliphatic carboxylic acids is 1. The fourth-order valence-corrected chi connectivity index (χ4v) is 8.74. The molecule has 3 saturated heterocycles. The number of carboxylic acid groups (broad SMARTS) is 1. The molecule has 4 fully saturated rings. The van der Waals surface area contributed by atoms with Gasteiger partial charge in [0.05, 0.1) is 30.6 Å². The number of carbonyl (C=O) groups excluding carboxylic acids is 1. The van der Waals surface area contributed by atoms with E-state index in [1.165, 1.54) is 11.3 Å². The number of piperidine rings is 2. The third kappa shape index (κ3) is 8.75. The fraction of sp³-hybridized carbons (Fsp3) is 0.632. The molecular weight excluding hydrogens is 755 g/mol. The van der Waals surface area contributed by atoms with Gasteiger partial charge in [0, 0.05) is 88.4 Å². The number of alkyl halides is 5. The predicted octanol–water partition coefficient (Wildman–Crippen LogP) is 3.84. The maximum atomic E-state index is 15.4. The highest BCUT2D eigenvalue weighted by Crippen LogP contribution is 2.41. The van der Waals surface area contributed by atoms with E-state index in [1.54, 1.807) is 17.8 Å². The molecule has 3 atom stereocenters. The number of halogens is 5. The number of rotatable bonds is 9. The zero-order valence-corrected chi connectivity index (χ0v) is 32.2. The number of piperazine rings is 1. The lowest BCUT2D eigenvalue weighted by Gasteiger charge is -2.45. The maximum Gasteiger partial charge on any atom is 0.490 e. The van der Waals surface area contributed by atoms with E-state index in [-0.39, 0.29) is 30.6 Å². The number of aromatic nitrogens is 3. The number of anilines is 4. The van der Waals surface area contributed by atoms with E-state index in [1.807, 2.05) is 13.1 Å². The molecule has 1 aliphatic carbocycles. The second-order valence-corrected chi connectivity index (χ2v) is 15.4. The Bertz CT molecular complexity index is 1900. The van der Waals surface area contributed by atoms with E-state index in [9.17, 15) is 18.0 Å². The summed E-state index contributed by atoms with van der Waals surface area (Å²) in [4.78, 5) is 35.7. The van der Waals surface area contributed by atoms with Crippen molar-refractivity contribution in [3.05, 3.63) is 41.7 Å². The first-order valence-electron chi connectivity index (χ1n) is 19.7. The van der Waals surface area contributed by atoms with E-state index < -0.39 is 24.0 Å². The van der Waals surface area contributed by atoms with Gasteiger partial charge >= 0.3 is 12.1 Å². The lowest BCUT2D eigenvalue weighted by Crippen LogP contribution is -2.57. The standard InChI is InChI=1S/C36H50F2N10O2.C2HF3O2/c1-39-28-20-33(43-48-31(21-41-34(28)48)35(49)42-27-6-7-32(27)50-2)47-15-11-26-29(4-3-5-30(26)47)45-18-16-44(17-19-45)22-24-10-14-46(23-36(24,37)38)25-8-12-40-13-9-25;3-2(4,5)1(6)7/h3-5,20-21,24-25,27,32,39-40H,6-19,22-23H2,1-2H3,(H,42,49);(H,6,7)/t24-,27+,32+;/m0./s1. The third-order valence-corrected chi connectivity index (χ3v) is 12.1. The van der Waals surface area contributed by atoms with Crippen LogP contribution in [0.3, 0.4) is 0 Å². The molecule has 3 aromatic rings. The van der Waals surface area contributed by atoms with Crippen LogP contribution in [0.4, 0.5) is 44.8 Å². The van der Waals surface area contributed by atoms with Crippen molar-refractivity contribution >= 4 is 40.4 Å². The molecule has 0 radical (unpaired) electrons. The van der Waals surface area contributed by atoms with Crippen molar-refractivity contribution in [1.29, 1.82) is 0 Å². The van der Waals surface area contributed by atoms with Crippen LogP contribution in [0, 0.1) is 5.92 Å². The number of hydrogen-bond acceptors (Lipinski definition) is 11. The van der Waals surface area contributed by atoms with Crippen molar-refractivity contribution in [2.24, 2.45) is 5.92 Å². The van der Waals surface area contributed by atoms with Crippen molar-refractivity contribution in [3.63, 3.8) is 0 Å². The van der Waals surface area contributed by atoms with Crippen LogP contribution in [0.1, 0.15) is 48.2 Å². The Hall–Kier alpha value is -4.33. The van der Waals surface area contributed by atoms with E-state index >= 15 is 8.78 Å². The van der Waals surface area contributed by atoms with Gasteiger partial charge in [-0.25, -0.2) is 23.1 Å². The number of likely N-dealkylation sites (tertiary alicyclic amines) is 1. The van der Waals surface area contributed by atoms with Crippen molar-refractivity contribution in [3.8, 4) is 0 Å². The van der Waals surface area contributed by atoms with Gasteiger partial charge in [0.2, 0.25) is 0 Å². The Morgan fingerprint density at radius 2 is 1.74 bits per heavy atom. The largest absolute Gasteiger partial charge is 0.490 e. The third-order valence-electron chi connectivity index (χ3n) is 12.1. The van der Waals surface area contributed by atoms with Crippen LogP contribution < -0.4 is 25.8 Å². The molecule has 6 heterocycles. The molecule has 0 bridgehead atoms. The summed E-state index contributed by atoms with van der Waals surface area (Å²) in [6.45, 7) is 6.92. The Labute approximate surface area is 327 Å². The highest BCUT2D eigenvalue weighted by atomic mass is 19.4. The minimum atomic E-state index is -5.08. The average Bonchev–Trinajstić information content (AvgIpc) is 3.82. The molecule has 1 saturated carbocycles. The molecule has 57 heavy (non-hydrogen) atoms. The number of ether oxygens (including phenoxy) is 1. The molecule has 14 nitrogen and oxygen atoms in total. The first-order chi connectivity index (χ1) is 27.3. The molecule has 0 unspecified atom stereocenters. The SMILES string of the molecule is CNc1cc(N2CCc3c(N4CCN(C[C@@H]5CCN(C6CCNCC6)CC5(F)F)CC4)cccc32)nn2c(C(=O)N[C@@H]3CC[C@H]3OC)cnc12.O=C(O)C(F)(F)F. The maximum absolute atomic E-state index is 15.4. The molecule has 0 spiro atoms. The van der Waals surface area contributed by atoms with Crippen LogP contribution in [0.15, 0.2) is 30.5 Å². The van der Waals surface area contributed by atoms with Crippen molar-refractivity contribution in [2.75, 3.05) is 94.7 Å². The van der Waals surface area contributed by atoms with Gasteiger partial charge in [-0.1, -0.05) is 6.07 Å². The zero-order chi connectivity index (χ0) is 40.5. The second kappa shape index (κ2) is 16.9. The van der Waals surface area contributed by atoms with E-state index in [2.05, 4.69) is 58.7 Å². The first kappa shape index (κ1) is 40.9. The average molecular weight is 807 g/mol. The molecule has 4 aliphatic heterocycles. The summed E-state index contributed by atoms with van der Waals surface area (Å²) >= 11 is 0. The first-order valence-corrected chi connectivity index (χ1v) is 19.7. The normalized spacial score (nSPS) is 24.4. The van der Waals surface area contributed by atoms with Gasteiger partial charge in [-0.3, -0.25) is 14.6 Å². The van der Waals surface area contributed by atoms with Gasteiger partial charge < -0.3 is 35.6 Å². The molecule has 312 valence electrons. The van der Waals surface area contributed by atoms with Crippen molar-refractivity contribution in [2.45, 2.75) is 68.8 Å². The number of hydrogen-bond donors (Lipinski definition) is 4. The lowest BCUT2D eigenvalue weighted by atomic mass is 9.89. The highest BCUT2D eigenvalue weighted by Gasteiger charge is 2.47. The summed E-state index contributed by atoms with van der Waals surface area (Å²) in [5, 5.41) is 21.8. The molecule has 2 aromatic heterocycles. The highest BCUT2D eigenvalue weighted by molar-refractivity contribution is 5.94. The van der Waals surface area contributed by atoms with Crippen LogP contribution in [0.5, 0.6) is 0 Å². The van der Waals surface area contributed by atoms with Gasteiger partial charge in [0.1, 0.15) is 0 Å². The molecular formula is C38H51F5N10O4. The smallest absolute Gasteiger partial charge is 0.475 e. The summed E-state index contributed by atoms with van der Waals surface area (Å²) in [6, 6.07) is 8.67. The lowest BCUT2D eigenvalue weighted by molar-refractivity contribution is -0.192. The Morgan fingerprint density at radius 1 is 1.02 bits per heavy atom. The zero-order valence-electron chi connectivity index (χ0n) is 32.2. The number of fused-ring (bicyclic) bond motifs is 2. The minimum absolute atomic E-state index is 0.0148. The number of amides is 1. The van der Waals surface area contributed by atoms with Gasteiger partial charge in [-0.05, 0) is 70.3 Å². The number of nitrogens with zero attached hydrogens (tertiary/aromatic N) is 7. The minimum Gasteiger partial charge on any atom is -0.475 e. The second-order valence-electron chi connectivity index (χ2n) is 15.4. The monoisotopic (exact) mass is 806 g/mol. The number of methoxy groups -OCH3 is 1. The Balaban J connectivity index is 0.000000651. The van der Waals surface area contributed by atoms with Crippen LogP contribution in [0.2, 0.25) is 0 Å². The Kier molecular flexibility index (Phi) is 12.1. The van der Waals surface area contributed by atoms with Gasteiger partial charge in [-0.2, -0.15) is 13.2 Å². The number of imidazole rings is 1. The van der Waals surface area contributed by atoms with Gasteiger partial charge in [0.25, 0.3) is 11.8 Å². The molecule has 1 amide bonds. The van der Waals surface area contributed by atoms with Gasteiger partial charge in [0.15, 0.2) is 17.2 Å². The molecule has 19 heteroatoms. The van der Waals surface area contributed by atoms with E-state index in [0.29, 0.717) is 24.3 Å². The number of carboxylic acids is 1. The molecule has 8 rings (SSSR count). The molecule has 4 N–H and O–H groups in total. The van der Waals surface area contributed by atoms with Gasteiger partial charge in [-0.15, -0.1) is 5.10 Å².